The van der Waals surface area contributed by atoms with Crippen LogP contribution in [0.2, 0.25) is 0 Å². The number of aromatic nitrogens is 2. The third-order valence-electron chi connectivity index (χ3n) is 3.16. The molecule has 4 rings (SSSR count). The second-order valence-corrected chi connectivity index (χ2v) is 6.61. The van der Waals surface area contributed by atoms with E-state index in [1.54, 1.807) is 17.4 Å². The maximum atomic E-state index is 13.1. The lowest BCUT2D eigenvalue weighted by Gasteiger charge is -1.95. The highest BCUT2D eigenvalue weighted by molar-refractivity contribution is 7.22. The van der Waals surface area contributed by atoms with Crippen molar-refractivity contribution in [2.24, 2.45) is 0 Å². The van der Waals surface area contributed by atoms with Crippen molar-refractivity contribution in [2.45, 2.75) is 19.3 Å². The molecule has 1 aliphatic rings. The number of hydrogen-bond donors (Lipinski definition) is 1. The van der Waals surface area contributed by atoms with Gasteiger partial charge in [0, 0.05) is 4.88 Å². The minimum atomic E-state index is -0.226. The first-order valence-corrected chi connectivity index (χ1v) is 7.73. The van der Waals surface area contributed by atoms with Gasteiger partial charge in [-0.05, 0) is 37.5 Å². The predicted octanol–water partition coefficient (Wildman–Crippen LogP) is 4.12. The van der Waals surface area contributed by atoms with Crippen molar-refractivity contribution >= 4 is 43.2 Å². The number of fused-ring (bicyclic) bond motifs is 2. The fourth-order valence-electron chi connectivity index (χ4n) is 2.29. The summed E-state index contributed by atoms with van der Waals surface area (Å²) < 4.78 is 14.0. The Labute approximate surface area is 117 Å². The van der Waals surface area contributed by atoms with Crippen LogP contribution in [0.15, 0.2) is 18.2 Å². The summed E-state index contributed by atoms with van der Waals surface area (Å²) in [4.78, 5) is 10.4. The summed E-state index contributed by atoms with van der Waals surface area (Å²) in [5.41, 5.74) is 2.04. The van der Waals surface area contributed by atoms with Gasteiger partial charge < -0.3 is 5.32 Å². The normalized spacial score (nSPS) is 13.9. The number of hydrogen-bond acceptors (Lipinski definition) is 5. The number of aryl methyl sites for hydroxylation is 2. The van der Waals surface area contributed by atoms with Gasteiger partial charge in [0.05, 0.1) is 15.9 Å². The van der Waals surface area contributed by atoms with Crippen LogP contribution < -0.4 is 5.32 Å². The number of halogens is 1. The zero-order valence-electron chi connectivity index (χ0n) is 9.94. The second-order valence-electron chi connectivity index (χ2n) is 4.50. The van der Waals surface area contributed by atoms with Gasteiger partial charge in [-0.15, -0.1) is 11.3 Å². The van der Waals surface area contributed by atoms with Crippen molar-refractivity contribution in [3.05, 3.63) is 34.6 Å². The minimum Gasteiger partial charge on any atom is -0.307 e. The van der Waals surface area contributed by atoms with Crippen molar-refractivity contribution in [1.29, 1.82) is 0 Å². The molecule has 0 amide bonds. The Morgan fingerprint density at radius 2 is 2.00 bits per heavy atom. The van der Waals surface area contributed by atoms with Gasteiger partial charge in [0.1, 0.15) is 5.82 Å². The standard InChI is InChI=1S/C13H10FN3S2/c14-7-4-5-9-11(6-7)19-13(16-9)17-12-15-8-2-1-3-10(8)18-12/h4-6H,1-3H2,(H,15,16,17). The molecule has 2 heterocycles. The van der Waals surface area contributed by atoms with E-state index in [4.69, 9.17) is 0 Å². The molecule has 96 valence electrons. The molecule has 0 spiro atoms. The Balaban J connectivity index is 1.66. The van der Waals surface area contributed by atoms with Crippen LogP contribution in [0.25, 0.3) is 10.2 Å². The molecule has 1 N–H and O–H groups in total. The molecule has 0 aliphatic heterocycles. The Hall–Kier alpha value is -1.53. The molecule has 19 heavy (non-hydrogen) atoms. The van der Waals surface area contributed by atoms with Crippen molar-refractivity contribution < 1.29 is 4.39 Å². The first kappa shape index (κ1) is 11.3. The maximum Gasteiger partial charge on any atom is 0.190 e. The zero-order chi connectivity index (χ0) is 12.8. The molecule has 6 heteroatoms. The highest BCUT2D eigenvalue weighted by Gasteiger charge is 2.17. The number of nitrogens with zero attached hydrogens (tertiary/aromatic N) is 2. The number of nitrogens with one attached hydrogen (secondary N) is 1. The number of benzene rings is 1. The Bertz CT molecular complexity index is 741. The average Bonchev–Trinajstić information content (AvgIpc) is 3.01. The van der Waals surface area contributed by atoms with Gasteiger partial charge in [0.25, 0.3) is 0 Å². The Morgan fingerprint density at radius 1 is 1.11 bits per heavy atom. The van der Waals surface area contributed by atoms with Crippen LogP contribution in [-0.4, -0.2) is 9.97 Å². The molecule has 0 saturated heterocycles. The van der Waals surface area contributed by atoms with Crippen molar-refractivity contribution in [1.82, 2.24) is 9.97 Å². The highest BCUT2D eigenvalue weighted by atomic mass is 32.1. The van der Waals surface area contributed by atoms with E-state index in [-0.39, 0.29) is 5.82 Å². The van der Waals surface area contributed by atoms with Crippen LogP contribution in [0, 0.1) is 5.82 Å². The van der Waals surface area contributed by atoms with E-state index in [0.29, 0.717) is 0 Å². The van der Waals surface area contributed by atoms with Crippen LogP contribution >= 0.6 is 22.7 Å². The molecule has 3 nitrogen and oxygen atoms in total. The van der Waals surface area contributed by atoms with Gasteiger partial charge in [-0.3, -0.25) is 0 Å². The predicted molar refractivity (Wildman–Crippen MR) is 77.0 cm³/mol. The van der Waals surface area contributed by atoms with E-state index in [1.165, 1.54) is 40.5 Å². The van der Waals surface area contributed by atoms with E-state index in [1.807, 2.05) is 0 Å². The second kappa shape index (κ2) is 4.25. The summed E-state index contributed by atoms with van der Waals surface area (Å²) in [6.07, 6.45) is 3.44. The van der Waals surface area contributed by atoms with Gasteiger partial charge >= 0.3 is 0 Å². The molecular formula is C13H10FN3S2. The molecule has 0 saturated carbocycles. The van der Waals surface area contributed by atoms with E-state index < -0.39 is 0 Å². The molecule has 0 unspecified atom stereocenters. The molecular weight excluding hydrogens is 281 g/mol. The first-order chi connectivity index (χ1) is 9.28. The van der Waals surface area contributed by atoms with Crippen molar-refractivity contribution in [2.75, 3.05) is 5.32 Å². The molecule has 0 radical (unpaired) electrons. The third-order valence-corrected chi connectivity index (χ3v) is 5.17. The van der Waals surface area contributed by atoms with Crippen LogP contribution in [0.1, 0.15) is 17.0 Å². The fourth-order valence-corrected chi connectivity index (χ4v) is 4.29. The summed E-state index contributed by atoms with van der Waals surface area (Å²) in [5.74, 6) is -0.226. The fraction of sp³-hybridized carbons (Fsp3) is 0.231. The Kier molecular flexibility index (Phi) is 2.53. The number of anilines is 2. The quantitative estimate of drug-likeness (QED) is 0.771. The van der Waals surface area contributed by atoms with Crippen LogP contribution in [0.5, 0.6) is 0 Å². The SMILES string of the molecule is Fc1ccc2nc(Nc3nc4c(s3)CCC4)sc2c1. The monoisotopic (exact) mass is 291 g/mol. The van der Waals surface area contributed by atoms with Crippen LogP contribution in [0.4, 0.5) is 14.7 Å². The van der Waals surface area contributed by atoms with Gasteiger partial charge in [-0.2, -0.15) is 0 Å². The zero-order valence-corrected chi connectivity index (χ0v) is 11.6. The molecule has 0 atom stereocenters. The molecule has 3 aromatic rings. The van der Waals surface area contributed by atoms with E-state index >= 15 is 0 Å². The Morgan fingerprint density at radius 3 is 2.89 bits per heavy atom. The molecule has 0 bridgehead atoms. The maximum absolute atomic E-state index is 13.1. The lowest BCUT2D eigenvalue weighted by molar-refractivity contribution is 0.630. The van der Waals surface area contributed by atoms with E-state index in [2.05, 4.69) is 15.3 Å². The largest absolute Gasteiger partial charge is 0.307 e. The summed E-state index contributed by atoms with van der Waals surface area (Å²) in [7, 11) is 0. The van der Waals surface area contributed by atoms with E-state index in [0.717, 1.165) is 33.3 Å². The van der Waals surface area contributed by atoms with Gasteiger partial charge in [-0.25, -0.2) is 14.4 Å². The van der Waals surface area contributed by atoms with Crippen molar-refractivity contribution in [3.63, 3.8) is 0 Å². The summed E-state index contributed by atoms with van der Waals surface area (Å²) in [6, 6.07) is 4.65. The van der Waals surface area contributed by atoms with Gasteiger partial charge in [0.15, 0.2) is 10.3 Å². The van der Waals surface area contributed by atoms with Gasteiger partial charge in [0.2, 0.25) is 0 Å². The van der Waals surface area contributed by atoms with Crippen molar-refractivity contribution in [3.8, 4) is 0 Å². The lowest BCUT2D eigenvalue weighted by Crippen LogP contribution is -1.89. The van der Waals surface area contributed by atoms with Crippen LogP contribution in [0.3, 0.4) is 0 Å². The molecule has 2 aromatic heterocycles. The smallest absolute Gasteiger partial charge is 0.190 e. The van der Waals surface area contributed by atoms with Gasteiger partial charge in [-0.1, -0.05) is 11.3 Å². The lowest BCUT2D eigenvalue weighted by atomic mass is 10.3. The molecule has 1 aliphatic carbocycles. The highest BCUT2D eigenvalue weighted by Crippen LogP contribution is 2.34. The molecule has 1 aromatic carbocycles. The first-order valence-electron chi connectivity index (χ1n) is 6.10. The number of rotatable bonds is 2. The molecule has 0 fully saturated rings. The summed E-state index contributed by atoms with van der Waals surface area (Å²) in [6.45, 7) is 0. The summed E-state index contributed by atoms with van der Waals surface area (Å²) in [5, 5.41) is 4.90. The minimum absolute atomic E-state index is 0.226. The third kappa shape index (κ3) is 2.01. The average molecular weight is 291 g/mol. The topological polar surface area (TPSA) is 37.8 Å². The van der Waals surface area contributed by atoms with Crippen LogP contribution in [-0.2, 0) is 12.8 Å². The summed E-state index contributed by atoms with van der Waals surface area (Å²) >= 11 is 3.15. The number of thiazole rings is 2. The van der Waals surface area contributed by atoms with E-state index in [9.17, 15) is 4.39 Å².